The molecule has 2 aromatic rings. The number of aromatic nitrogens is 1. The zero-order valence-corrected chi connectivity index (χ0v) is 14.4. The molecular weight excluding hydrogens is 330 g/mol. The average molecular weight is 352 g/mol. The van der Waals surface area contributed by atoms with Gasteiger partial charge in [0.15, 0.2) is 0 Å². The molecule has 1 unspecified atom stereocenters. The molecule has 1 aliphatic heterocycles. The molecule has 1 saturated heterocycles. The summed E-state index contributed by atoms with van der Waals surface area (Å²) < 4.78 is 10.8. The number of morpholine rings is 1. The number of nitrogens with zero attached hydrogens (tertiary/aromatic N) is 1. The Labute approximate surface area is 147 Å². The Morgan fingerprint density at radius 1 is 1.38 bits per heavy atom. The minimum atomic E-state index is -0.260. The number of oxazole rings is 1. The molecule has 0 radical (unpaired) electrons. The first kappa shape index (κ1) is 18.4. The standard InChI is InChI=1S/C17H21N3O3.ClH/c1-12-2-4-13(5-3-12)17-20-14(10-23-17)6-7-19-16(21)15-11-22-9-8-18-15;/h2-5,10,15,18H,6-9,11H2,1H3,(H,19,21);1H. The summed E-state index contributed by atoms with van der Waals surface area (Å²) in [7, 11) is 0. The smallest absolute Gasteiger partial charge is 0.239 e. The number of benzene rings is 1. The summed E-state index contributed by atoms with van der Waals surface area (Å²) in [5, 5.41) is 6.02. The van der Waals surface area contributed by atoms with E-state index in [-0.39, 0.29) is 24.4 Å². The second-order valence-electron chi connectivity index (χ2n) is 5.63. The average Bonchev–Trinajstić information content (AvgIpc) is 3.05. The normalized spacial score (nSPS) is 17.1. The number of carbonyl (C=O) groups excluding carboxylic acids is 1. The predicted octanol–water partition coefficient (Wildman–Crippen LogP) is 1.72. The van der Waals surface area contributed by atoms with Crippen LogP contribution in [0.2, 0.25) is 0 Å². The molecule has 6 nitrogen and oxygen atoms in total. The highest BCUT2D eigenvalue weighted by Gasteiger charge is 2.20. The van der Waals surface area contributed by atoms with Crippen LogP contribution in [0.5, 0.6) is 0 Å². The summed E-state index contributed by atoms with van der Waals surface area (Å²) in [4.78, 5) is 16.4. The van der Waals surface area contributed by atoms with Crippen molar-refractivity contribution in [2.75, 3.05) is 26.3 Å². The van der Waals surface area contributed by atoms with Crippen LogP contribution in [0.3, 0.4) is 0 Å². The third-order valence-electron chi connectivity index (χ3n) is 3.77. The first-order chi connectivity index (χ1) is 11.2. The van der Waals surface area contributed by atoms with Gasteiger partial charge in [0.25, 0.3) is 0 Å². The Bertz CT molecular complexity index is 651. The Morgan fingerprint density at radius 2 is 2.17 bits per heavy atom. The highest BCUT2D eigenvalue weighted by atomic mass is 35.5. The number of aryl methyl sites for hydroxylation is 1. The highest BCUT2D eigenvalue weighted by Crippen LogP contribution is 2.19. The maximum absolute atomic E-state index is 11.9. The number of carbonyl (C=O) groups is 1. The van der Waals surface area contributed by atoms with Gasteiger partial charge in [-0.15, -0.1) is 12.4 Å². The molecule has 1 atom stereocenters. The van der Waals surface area contributed by atoms with Gasteiger partial charge in [-0.25, -0.2) is 4.98 Å². The van der Waals surface area contributed by atoms with E-state index in [1.807, 2.05) is 31.2 Å². The number of hydrogen-bond acceptors (Lipinski definition) is 5. The summed E-state index contributed by atoms with van der Waals surface area (Å²) in [6.45, 7) is 4.36. The molecule has 1 fully saturated rings. The van der Waals surface area contributed by atoms with Crippen molar-refractivity contribution in [2.24, 2.45) is 0 Å². The zero-order chi connectivity index (χ0) is 16.1. The quantitative estimate of drug-likeness (QED) is 0.857. The van der Waals surface area contributed by atoms with Crippen molar-refractivity contribution in [3.05, 3.63) is 41.8 Å². The van der Waals surface area contributed by atoms with Gasteiger partial charge in [-0.3, -0.25) is 4.79 Å². The molecule has 1 aliphatic rings. The molecule has 1 aromatic carbocycles. The maximum Gasteiger partial charge on any atom is 0.239 e. The Kier molecular flexibility index (Phi) is 6.78. The van der Waals surface area contributed by atoms with Crippen LogP contribution in [-0.2, 0) is 16.0 Å². The number of amides is 1. The summed E-state index contributed by atoms with van der Waals surface area (Å²) in [5.74, 6) is 0.570. The van der Waals surface area contributed by atoms with Gasteiger partial charge < -0.3 is 19.8 Å². The molecule has 1 amide bonds. The molecule has 0 bridgehead atoms. The first-order valence-electron chi connectivity index (χ1n) is 7.82. The molecule has 24 heavy (non-hydrogen) atoms. The number of rotatable bonds is 5. The minimum Gasteiger partial charge on any atom is -0.444 e. The molecule has 1 aromatic heterocycles. The maximum atomic E-state index is 11.9. The van der Waals surface area contributed by atoms with Crippen molar-refractivity contribution < 1.29 is 13.9 Å². The lowest BCUT2D eigenvalue weighted by molar-refractivity contribution is -0.125. The van der Waals surface area contributed by atoms with E-state index in [0.29, 0.717) is 38.6 Å². The Balaban J connectivity index is 0.00000208. The van der Waals surface area contributed by atoms with Crippen LogP contribution in [0.15, 0.2) is 34.9 Å². The zero-order valence-electron chi connectivity index (χ0n) is 13.6. The van der Waals surface area contributed by atoms with Gasteiger partial charge in [-0.2, -0.15) is 0 Å². The minimum absolute atomic E-state index is 0. The van der Waals surface area contributed by atoms with E-state index in [1.54, 1.807) is 6.26 Å². The summed E-state index contributed by atoms with van der Waals surface area (Å²) in [5.41, 5.74) is 2.98. The Hall–Kier alpha value is -1.89. The van der Waals surface area contributed by atoms with Crippen LogP contribution in [0.1, 0.15) is 11.3 Å². The lowest BCUT2D eigenvalue weighted by Crippen LogP contribution is -2.51. The van der Waals surface area contributed by atoms with E-state index in [9.17, 15) is 4.79 Å². The highest BCUT2D eigenvalue weighted by molar-refractivity contribution is 5.85. The van der Waals surface area contributed by atoms with Crippen LogP contribution < -0.4 is 10.6 Å². The van der Waals surface area contributed by atoms with Crippen LogP contribution in [0.4, 0.5) is 0 Å². The fourth-order valence-electron chi connectivity index (χ4n) is 2.42. The molecule has 0 aliphatic carbocycles. The van der Waals surface area contributed by atoms with Crippen molar-refractivity contribution in [1.29, 1.82) is 0 Å². The summed E-state index contributed by atoms with van der Waals surface area (Å²) in [6, 6.07) is 7.77. The van der Waals surface area contributed by atoms with Crippen LogP contribution in [0, 0.1) is 6.92 Å². The van der Waals surface area contributed by atoms with E-state index in [1.165, 1.54) is 5.56 Å². The number of nitrogens with one attached hydrogen (secondary N) is 2. The van der Waals surface area contributed by atoms with Gasteiger partial charge in [-0.05, 0) is 19.1 Å². The van der Waals surface area contributed by atoms with Gasteiger partial charge in [0.2, 0.25) is 11.8 Å². The summed E-state index contributed by atoms with van der Waals surface area (Å²) >= 11 is 0. The number of hydrogen-bond donors (Lipinski definition) is 2. The number of halogens is 1. The molecule has 0 saturated carbocycles. The topological polar surface area (TPSA) is 76.4 Å². The van der Waals surface area contributed by atoms with Crippen molar-refractivity contribution in [2.45, 2.75) is 19.4 Å². The molecule has 2 heterocycles. The molecule has 0 spiro atoms. The SMILES string of the molecule is Cc1ccc(-c2nc(CCNC(=O)C3COCCN3)co2)cc1.Cl. The number of ether oxygens (including phenoxy) is 1. The van der Waals surface area contributed by atoms with Crippen molar-refractivity contribution in [3.63, 3.8) is 0 Å². The van der Waals surface area contributed by atoms with Crippen LogP contribution in [-0.4, -0.2) is 43.2 Å². The fourth-order valence-corrected chi connectivity index (χ4v) is 2.42. The fraction of sp³-hybridized carbons (Fsp3) is 0.412. The van der Waals surface area contributed by atoms with Crippen LogP contribution >= 0.6 is 12.4 Å². The van der Waals surface area contributed by atoms with Gasteiger partial charge >= 0.3 is 0 Å². The lowest BCUT2D eigenvalue weighted by atomic mass is 10.1. The second-order valence-corrected chi connectivity index (χ2v) is 5.63. The van der Waals surface area contributed by atoms with Gasteiger partial charge in [0, 0.05) is 25.1 Å². The molecule has 3 rings (SSSR count). The largest absolute Gasteiger partial charge is 0.444 e. The van der Waals surface area contributed by atoms with Crippen molar-refractivity contribution in [1.82, 2.24) is 15.6 Å². The third kappa shape index (κ3) is 4.80. The monoisotopic (exact) mass is 351 g/mol. The molecule has 2 N–H and O–H groups in total. The second kappa shape index (κ2) is 8.82. The summed E-state index contributed by atoms with van der Waals surface area (Å²) in [6.07, 6.45) is 2.28. The molecule has 130 valence electrons. The third-order valence-corrected chi connectivity index (χ3v) is 3.77. The van der Waals surface area contributed by atoms with E-state index < -0.39 is 0 Å². The van der Waals surface area contributed by atoms with E-state index in [4.69, 9.17) is 9.15 Å². The van der Waals surface area contributed by atoms with Crippen molar-refractivity contribution in [3.8, 4) is 11.5 Å². The van der Waals surface area contributed by atoms with Crippen LogP contribution in [0.25, 0.3) is 11.5 Å². The van der Waals surface area contributed by atoms with E-state index in [2.05, 4.69) is 15.6 Å². The van der Waals surface area contributed by atoms with E-state index in [0.717, 1.165) is 11.3 Å². The van der Waals surface area contributed by atoms with Gasteiger partial charge in [-0.1, -0.05) is 17.7 Å². The van der Waals surface area contributed by atoms with Gasteiger partial charge in [0.05, 0.1) is 18.9 Å². The van der Waals surface area contributed by atoms with E-state index >= 15 is 0 Å². The Morgan fingerprint density at radius 3 is 2.88 bits per heavy atom. The molecule has 7 heteroatoms. The first-order valence-corrected chi connectivity index (χ1v) is 7.82. The van der Waals surface area contributed by atoms with Gasteiger partial charge in [0.1, 0.15) is 12.3 Å². The predicted molar refractivity (Wildman–Crippen MR) is 93.2 cm³/mol. The molecular formula is C17H22ClN3O3. The lowest BCUT2D eigenvalue weighted by Gasteiger charge is -2.22. The van der Waals surface area contributed by atoms with Crippen molar-refractivity contribution >= 4 is 18.3 Å².